The smallest absolute Gasteiger partial charge is 0.137 e. The fourth-order valence-corrected chi connectivity index (χ4v) is 11.0. The Kier molecular flexibility index (Phi) is 11.3. The highest BCUT2D eigenvalue weighted by Crippen LogP contribution is 2.51. The molecular formula is C36H46F2N5PS. The summed E-state index contributed by atoms with van der Waals surface area (Å²) in [7, 11) is -0.256. The van der Waals surface area contributed by atoms with Crippen LogP contribution in [-0.2, 0) is 12.0 Å². The Balaban J connectivity index is 1.75. The van der Waals surface area contributed by atoms with Crippen LogP contribution < -0.4 is 0 Å². The molecule has 2 aromatic carbocycles. The van der Waals surface area contributed by atoms with Crippen LogP contribution in [0.1, 0.15) is 89.8 Å². The molecule has 5 nitrogen and oxygen atoms in total. The van der Waals surface area contributed by atoms with Gasteiger partial charge in [0.05, 0.1) is 28.9 Å². The summed E-state index contributed by atoms with van der Waals surface area (Å²) in [5, 5.41) is 16.6. The molecule has 0 spiro atoms. The lowest BCUT2D eigenvalue weighted by atomic mass is 9.67. The summed E-state index contributed by atoms with van der Waals surface area (Å²) in [6, 6.07) is 13.5. The van der Waals surface area contributed by atoms with Gasteiger partial charge in [0, 0.05) is 28.3 Å². The van der Waals surface area contributed by atoms with Gasteiger partial charge in [0.2, 0.25) is 0 Å². The lowest BCUT2D eigenvalue weighted by molar-refractivity contribution is 0.261. The van der Waals surface area contributed by atoms with Gasteiger partial charge in [-0.15, -0.1) is 19.3 Å². The van der Waals surface area contributed by atoms with E-state index in [-0.39, 0.29) is 24.7 Å². The van der Waals surface area contributed by atoms with Gasteiger partial charge in [-0.3, -0.25) is 4.68 Å². The highest BCUT2D eigenvalue weighted by molar-refractivity contribution is 7.57. The average molecular weight is 650 g/mol. The van der Waals surface area contributed by atoms with E-state index in [2.05, 4.69) is 64.6 Å². The summed E-state index contributed by atoms with van der Waals surface area (Å²) < 4.78 is 32.0. The molecule has 0 amide bonds. The predicted octanol–water partition coefficient (Wildman–Crippen LogP) is 10.0. The molecule has 0 bridgehead atoms. The highest BCUT2D eigenvalue weighted by Gasteiger charge is 2.43. The number of aromatic nitrogens is 4. The van der Waals surface area contributed by atoms with Crippen LogP contribution in [0.5, 0.6) is 0 Å². The molecule has 4 aromatic rings. The van der Waals surface area contributed by atoms with Gasteiger partial charge in [-0.1, -0.05) is 73.1 Å². The van der Waals surface area contributed by atoms with Gasteiger partial charge in [0.25, 0.3) is 0 Å². The number of rotatable bonds is 14. The lowest BCUT2D eigenvalue weighted by Gasteiger charge is -2.40. The van der Waals surface area contributed by atoms with E-state index in [1.54, 1.807) is 40.5 Å². The van der Waals surface area contributed by atoms with Gasteiger partial charge in [-0.25, -0.2) is 18.7 Å². The normalized spacial score (nSPS) is 14.9. The minimum atomic E-state index is -0.756. The summed E-state index contributed by atoms with van der Waals surface area (Å²) in [4.78, 5) is 9.24. The van der Waals surface area contributed by atoms with Crippen molar-refractivity contribution in [2.24, 2.45) is 10.8 Å². The van der Waals surface area contributed by atoms with Gasteiger partial charge < -0.3 is 0 Å². The van der Waals surface area contributed by atoms with Crippen LogP contribution in [0.25, 0.3) is 11.3 Å². The SMILES string of the molecule is CCC(C)(C)CP(CCC[C@@](Cn1cncn1)(c1ccc(F)cc1F)C(C)c1nc(-c2ccc(C#N)cc2)cs1)CC(C)(C)C. The first kappa shape index (κ1) is 34.9. The third kappa shape index (κ3) is 9.05. The number of nitriles is 1. The number of benzene rings is 2. The molecule has 9 heteroatoms. The summed E-state index contributed by atoms with van der Waals surface area (Å²) in [6.45, 7) is 16.5. The van der Waals surface area contributed by atoms with E-state index >= 15 is 4.39 Å². The monoisotopic (exact) mass is 649 g/mol. The van der Waals surface area contributed by atoms with Gasteiger partial charge in [-0.2, -0.15) is 10.4 Å². The first-order chi connectivity index (χ1) is 21.2. The molecule has 2 heterocycles. The first-order valence-electron chi connectivity index (χ1n) is 15.7. The highest BCUT2D eigenvalue weighted by atomic mass is 32.1. The summed E-state index contributed by atoms with van der Waals surface area (Å²) in [5.41, 5.74) is 2.56. The predicted molar refractivity (Wildman–Crippen MR) is 183 cm³/mol. The standard InChI is InChI=1S/C36H46F2N5PS/c1-8-35(6,7)23-44(22-34(3,4)5)17-9-16-36(21-43-25-40-24-41-43,30-15-14-29(37)18-31(30)38)26(2)33-42-32(20-45-33)28-12-10-27(19-39)11-13-28/h10-15,18,20,24-26H,8-9,16-17,21-23H2,1-7H3/t26?,36-,44?/m0/s1. The molecule has 0 fully saturated rings. The quantitative estimate of drug-likeness (QED) is 0.128. The minimum absolute atomic E-state index is 0.209. The molecule has 45 heavy (non-hydrogen) atoms. The molecule has 4 rings (SSSR count). The number of nitrogens with zero attached hydrogens (tertiary/aromatic N) is 5. The van der Waals surface area contributed by atoms with Crippen molar-refractivity contribution in [3.63, 3.8) is 0 Å². The third-order valence-electron chi connectivity index (χ3n) is 8.81. The van der Waals surface area contributed by atoms with E-state index in [0.717, 1.165) is 41.3 Å². The number of hydrogen-bond acceptors (Lipinski definition) is 5. The lowest BCUT2D eigenvalue weighted by Crippen LogP contribution is -2.39. The van der Waals surface area contributed by atoms with E-state index in [1.165, 1.54) is 24.7 Å². The second-order valence-corrected chi connectivity index (χ2v) is 17.6. The zero-order chi connectivity index (χ0) is 32.8. The number of hydrogen-bond donors (Lipinski definition) is 0. The van der Waals surface area contributed by atoms with E-state index in [9.17, 15) is 9.65 Å². The van der Waals surface area contributed by atoms with Gasteiger partial charge in [-0.05, 0) is 65.9 Å². The van der Waals surface area contributed by atoms with Crippen molar-refractivity contribution in [2.75, 3.05) is 18.5 Å². The van der Waals surface area contributed by atoms with Gasteiger partial charge in [0.15, 0.2) is 0 Å². The van der Waals surface area contributed by atoms with Crippen LogP contribution >= 0.6 is 19.3 Å². The molecule has 0 radical (unpaired) electrons. The summed E-state index contributed by atoms with van der Waals surface area (Å²) in [6.07, 6.45) is 9.37. The molecular weight excluding hydrogens is 603 g/mol. The van der Waals surface area contributed by atoms with E-state index in [1.807, 2.05) is 17.5 Å². The maximum absolute atomic E-state index is 15.9. The fraction of sp³-hybridized carbons (Fsp3) is 0.500. The van der Waals surface area contributed by atoms with Crippen molar-refractivity contribution in [1.29, 1.82) is 5.26 Å². The number of halogens is 2. The molecule has 2 unspecified atom stereocenters. The summed E-state index contributed by atoms with van der Waals surface area (Å²) in [5.74, 6) is -1.35. The van der Waals surface area contributed by atoms with E-state index in [0.29, 0.717) is 24.1 Å². The van der Waals surface area contributed by atoms with Gasteiger partial charge in [0.1, 0.15) is 24.3 Å². The number of thiazole rings is 1. The Bertz CT molecular complexity index is 1570. The molecule has 0 aliphatic carbocycles. The van der Waals surface area contributed by atoms with E-state index < -0.39 is 17.0 Å². The Labute approximate surface area is 272 Å². The second-order valence-electron chi connectivity index (χ2n) is 14.2. The average Bonchev–Trinajstić information content (AvgIpc) is 3.68. The molecule has 0 N–H and O–H groups in total. The largest absolute Gasteiger partial charge is 0.252 e. The van der Waals surface area contributed by atoms with Crippen molar-refractivity contribution in [3.8, 4) is 17.3 Å². The fourth-order valence-electron chi connectivity index (χ4n) is 6.17. The maximum atomic E-state index is 15.9. The van der Waals surface area contributed by atoms with Crippen LogP contribution in [0, 0.1) is 33.8 Å². The molecule has 0 aliphatic rings. The topological polar surface area (TPSA) is 67.4 Å². The van der Waals surface area contributed by atoms with Gasteiger partial charge >= 0.3 is 0 Å². The Hall–Kier alpha value is -3.01. The Morgan fingerprint density at radius 1 is 1.04 bits per heavy atom. The van der Waals surface area contributed by atoms with Crippen LogP contribution in [0.3, 0.4) is 0 Å². The van der Waals surface area contributed by atoms with Crippen molar-refractivity contribution in [3.05, 3.63) is 88.3 Å². The van der Waals surface area contributed by atoms with Crippen molar-refractivity contribution >= 4 is 19.3 Å². The summed E-state index contributed by atoms with van der Waals surface area (Å²) >= 11 is 1.55. The Morgan fingerprint density at radius 3 is 2.38 bits per heavy atom. The second kappa shape index (κ2) is 14.6. The molecule has 3 atom stereocenters. The molecule has 2 aromatic heterocycles. The van der Waals surface area contributed by atoms with Crippen molar-refractivity contribution < 1.29 is 8.78 Å². The zero-order valence-corrected chi connectivity index (χ0v) is 29.4. The van der Waals surface area contributed by atoms with E-state index in [4.69, 9.17) is 4.98 Å². The maximum Gasteiger partial charge on any atom is 0.137 e. The third-order valence-corrected chi connectivity index (χ3v) is 13.5. The van der Waals surface area contributed by atoms with Crippen LogP contribution in [0.4, 0.5) is 8.78 Å². The van der Waals surface area contributed by atoms with Crippen LogP contribution in [0.15, 0.2) is 60.5 Å². The Morgan fingerprint density at radius 2 is 1.78 bits per heavy atom. The van der Waals surface area contributed by atoms with Crippen LogP contribution in [0.2, 0.25) is 0 Å². The molecule has 240 valence electrons. The first-order valence-corrected chi connectivity index (χ1v) is 18.5. The zero-order valence-electron chi connectivity index (χ0n) is 27.6. The van der Waals surface area contributed by atoms with Crippen molar-refractivity contribution in [2.45, 2.75) is 85.6 Å². The molecule has 0 saturated heterocycles. The molecule has 0 saturated carbocycles. The van der Waals surface area contributed by atoms with Crippen LogP contribution in [-0.4, -0.2) is 38.2 Å². The molecule has 0 aliphatic heterocycles. The minimum Gasteiger partial charge on any atom is -0.252 e. The van der Waals surface area contributed by atoms with Crippen molar-refractivity contribution in [1.82, 2.24) is 19.7 Å².